The smallest absolute Gasteiger partial charge is 0.846 e. The van der Waals surface area contributed by atoms with Gasteiger partial charge in [-0.3, -0.25) is 0 Å². The molecule has 0 aromatic carbocycles. The number of hydrogen-bond acceptors (Lipinski definition) is 9. The van der Waals surface area contributed by atoms with Gasteiger partial charge in [-0.15, -0.1) is 0 Å². The molecule has 19 heavy (non-hydrogen) atoms. The van der Waals surface area contributed by atoms with Crippen LogP contribution < -0.4 is 110 Å². The summed E-state index contributed by atoms with van der Waals surface area (Å²) in [6, 6.07) is -1.64. The van der Waals surface area contributed by atoms with Crippen molar-refractivity contribution >= 4 is 23.7 Å². The first-order valence-corrected chi connectivity index (χ1v) is 4.02. The van der Waals surface area contributed by atoms with Gasteiger partial charge in [0.1, 0.15) is 0 Å². The third kappa shape index (κ3) is 3.65. The summed E-state index contributed by atoms with van der Waals surface area (Å²) in [6.45, 7) is 0. The zero-order valence-electron chi connectivity index (χ0n) is 10.4. The van der Waals surface area contributed by atoms with Gasteiger partial charge >= 0.3 is 94.4 Å². The molecule has 0 atom stereocenters. The number of rotatable bonds is 0. The van der Waals surface area contributed by atoms with Crippen LogP contribution in [0, 0.1) is 0 Å². The molecule has 3 heterocycles. The van der Waals surface area contributed by atoms with Crippen molar-refractivity contribution < 1.29 is 98.9 Å². The van der Waals surface area contributed by atoms with Crippen molar-refractivity contribution in [2.45, 2.75) is 0 Å². The number of aliphatic imine (C=N–C) groups is 1. The minimum absolute atomic E-state index is 0. The van der Waals surface area contributed by atoms with Crippen LogP contribution in [0.5, 0.6) is 6.01 Å². The Morgan fingerprint density at radius 1 is 1.00 bits per heavy atom. The van der Waals surface area contributed by atoms with Gasteiger partial charge in [0.05, 0.1) is 12.0 Å². The van der Waals surface area contributed by atoms with Crippen molar-refractivity contribution in [1.29, 1.82) is 0 Å². The molecule has 0 radical (unpaired) electrons. The van der Waals surface area contributed by atoms with E-state index in [0.29, 0.717) is 0 Å². The van der Waals surface area contributed by atoms with Gasteiger partial charge in [0, 0.05) is 0 Å². The van der Waals surface area contributed by atoms with Crippen LogP contribution >= 0.6 is 0 Å². The van der Waals surface area contributed by atoms with Crippen LogP contribution in [0.25, 0.3) is 5.78 Å². The molecule has 0 saturated carbocycles. The Bertz CT molecular complexity index is 702. The Hall–Kier alpha value is 0.220. The molecule has 0 saturated heterocycles. The molecule has 1 N–H and O–H groups in total. The predicted molar refractivity (Wildman–Crippen MR) is 45.0 cm³/mol. The molecule has 13 heteroatoms. The third-order valence-electron chi connectivity index (χ3n) is 1.82. The SMILES string of the molecule is O=c1nc2n3c(nc([O-])nc3n1)N=C([O-])N2.[Na+].[Na+].[Na+]. The van der Waals surface area contributed by atoms with Gasteiger partial charge in [0.2, 0.25) is 17.7 Å². The topological polar surface area (TPSA) is 144 Å². The number of aromatic nitrogens is 5. The van der Waals surface area contributed by atoms with Gasteiger partial charge in [0.25, 0.3) is 0 Å². The standard InChI is InChI=1S/C6H3N7O3.3Na/c14-4-7-1-8-5(15)10-3-12-6(16)11-2(9-4)13(1)3;;;/h(H3,7,8,9,10,11,12,14,15,16);;;/q;3*+1/p-2. The summed E-state index contributed by atoms with van der Waals surface area (Å²) < 4.78 is 1.10. The summed E-state index contributed by atoms with van der Waals surface area (Å²) in [5, 5.41) is 24.3. The van der Waals surface area contributed by atoms with Gasteiger partial charge < -0.3 is 15.5 Å². The number of nitrogens with one attached hydrogen (secondary N) is 1. The summed E-state index contributed by atoms with van der Waals surface area (Å²) in [6.07, 6.45) is 0. The van der Waals surface area contributed by atoms with Gasteiger partial charge in [-0.2, -0.15) is 9.97 Å². The number of hydrogen-bond donors (Lipinski definition) is 1. The second-order valence-electron chi connectivity index (χ2n) is 2.81. The predicted octanol–water partition coefficient (Wildman–Crippen LogP) is -12.3. The summed E-state index contributed by atoms with van der Waals surface area (Å²) in [7, 11) is 0. The summed E-state index contributed by atoms with van der Waals surface area (Å²) in [5.74, 6) is -0.507. The Labute approximate surface area is 171 Å². The van der Waals surface area contributed by atoms with E-state index in [-0.39, 0.29) is 106 Å². The van der Waals surface area contributed by atoms with Crippen LogP contribution in [0.15, 0.2) is 9.79 Å². The second-order valence-corrected chi connectivity index (χ2v) is 2.81. The fourth-order valence-corrected chi connectivity index (χ4v) is 1.27. The molecule has 80 valence electrons. The van der Waals surface area contributed by atoms with E-state index in [2.05, 4.69) is 30.2 Å². The van der Waals surface area contributed by atoms with Crippen LogP contribution in [-0.2, 0) is 0 Å². The molecule has 1 aliphatic rings. The molecule has 1 aliphatic heterocycles. The fourth-order valence-electron chi connectivity index (χ4n) is 1.27. The molecule has 2 aromatic heterocycles. The monoisotopic (exact) mass is 288 g/mol. The molecule has 0 bridgehead atoms. The molecule has 10 nitrogen and oxygen atoms in total. The Kier molecular flexibility index (Phi) is 7.38. The van der Waals surface area contributed by atoms with Crippen molar-refractivity contribution in [2.75, 3.05) is 5.32 Å². The first kappa shape index (κ1) is 19.2. The van der Waals surface area contributed by atoms with E-state index in [4.69, 9.17) is 0 Å². The van der Waals surface area contributed by atoms with Crippen molar-refractivity contribution in [1.82, 2.24) is 24.3 Å². The Balaban J connectivity index is 0.00000108. The molecule has 0 unspecified atom stereocenters. The second kappa shape index (κ2) is 7.29. The molecule has 0 aliphatic carbocycles. The van der Waals surface area contributed by atoms with Gasteiger partial charge in [-0.05, 0) is 0 Å². The van der Waals surface area contributed by atoms with Crippen molar-refractivity contribution in [3.63, 3.8) is 0 Å². The van der Waals surface area contributed by atoms with E-state index in [9.17, 15) is 15.0 Å². The van der Waals surface area contributed by atoms with E-state index >= 15 is 0 Å². The molecular weight excluding hydrogens is 287 g/mol. The molecule has 0 fully saturated rings. The van der Waals surface area contributed by atoms with E-state index < -0.39 is 17.7 Å². The van der Waals surface area contributed by atoms with Crippen molar-refractivity contribution in [3.05, 3.63) is 10.5 Å². The fraction of sp³-hybridized carbons (Fsp3) is 0. The van der Waals surface area contributed by atoms with E-state index in [0.717, 1.165) is 4.40 Å². The first-order chi connectivity index (χ1) is 7.63. The molecule has 0 spiro atoms. The first-order valence-electron chi connectivity index (χ1n) is 4.02. The molecular formula is C6HN7Na3O3+. The maximum absolute atomic E-state index is 11.1. The van der Waals surface area contributed by atoms with Crippen LogP contribution in [0.2, 0.25) is 0 Å². The van der Waals surface area contributed by atoms with E-state index in [1.54, 1.807) is 0 Å². The minimum atomic E-state index is -0.877. The van der Waals surface area contributed by atoms with Gasteiger partial charge in [-0.25, -0.2) is 24.2 Å². The Morgan fingerprint density at radius 2 is 1.68 bits per heavy atom. The van der Waals surface area contributed by atoms with E-state index in [1.165, 1.54) is 0 Å². The Morgan fingerprint density at radius 3 is 2.37 bits per heavy atom. The normalized spacial score (nSPS) is 11.3. The quantitative estimate of drug-likeness (QED) is 0.470. The molecule has 3 rings (SSSR count). The number of anilines is 1. The zero-order valence-corrected chi connectivity index (χ0v) is 16.4. The van der Waals surface area contributed by atoms with Crippen LogP contribution in [-0.4, -0.2) is 30.4 Å². The molecule has 2 aromatic rings. The zero-order chi connectivity index (χ0) is 11.3. The summed E-state index contributed by atoms with van der Waals surface area (Å²) in [4.78, 5) is 28.1. The largest absolute Gasteiger partial charge is 1.00 e. The summed E-state index contributed by atoms with van der Waals surface area (Å²) in [5.41, 5.74) is -0.860. The number of nitrogens with zero attached hydrogens (tertiary/aromatic N) is 6. The van der Waals surface area contributed by atoms with Crippen molar-refractivity contribution in [3.8, 4) is 6.01 Å². The van der Waals surface area contributed by atoms with Crippen molar-refractivity contribution in [2.24, 2.45) is 4.99 Å². The van der Waals surface area contributed by atoms with Gasteiger partial charge in [0.15, 0.2) is 0 Å². The van der Waals surface area contributed by atoms with Gasteiger partial charge in [-0.1, -0.05) is 0 Å². The van der Waals surface area contributed by atoms with E-state index in [1.807, 2.05) is 0 Å². The number of amidine groups is 1. The van der Waals surface area contributed by atoms with Crippen LogP contribution in [0.4, 0.5) is 11.9 Å². The molecule has 0 amide bonds. The average Bonchev–Trinajstić information content (AvgIpc) is 2.14. The van der Waals surface area contributed by atoms with Crippen LogP contribution in [0.1, 0.15) is 0 Å². The summed E-state index contributed by atoms with van der Waals surface area (Å²) >= 11 is 0. The minimum Gasteiger partial charge on any atom is -0.846 e. The van der Waals surface area contributed by atoms with Crippen LogP contribution in [0.3, 0.4) is 0 Å². The maximum Gasteiger partial charge on any atom is 1.00 e. The third-order valence-corrected chi connectivity index (χ3v) is 1.82. The maximum atomic E-state index is 11.1. The average molecular weight is 288 g/mol.